The van der Waals surface area contributed by atoms with Gasteiger partial charge < -0.3 is 19.8 Å². The number of anilines is 2. The van der Waals surface area contributed by atoms with Crippen LogP contribution in [0.5, 0.6) is 5.75 Å². The standard InChI is InChI=1S/C26H24N4O5/c1-15-8-4-6-10-19(15)28-25(32)26(33)30-29-16(2)12-24(31)27-20-14-22-18(13-23(20)34-3)17-9-5-7-11-21(17)35-22/h4-11,13-14H,12H2,1-3H3,(H,27,31)(H,28,32)(H,30,33)/b29-16-. The number of furan rings is 1. The largest absolute Gasteiger partial charge is 0.495 e. The van der Waals surface area contributed by atoms with E-state index in [0.29, 0.717) is 28.4 Å². The number of carbonyl (C=O) groups is 3. The number of benzene rings is 3. The number of para-hydroxylation sites is 2. The molecule has 0 unspecified atom stereocenters. The molecule has 9 nitrogen and oxygen atoms in total. The molecule has 0 fully saturated rings. The van der Waals surface area contributed by atoms with Crippen molar-refractivity contribution in [1.29, 1.82) is 0 Å². The smallest absolute Gasteiger partial charge is 0.329 e. The van der Waals surface area contributed by atoms with Gasteiger partial charge in [0.1, 0.15) is 16.9 Å². The number of fused-ring (bicyclic) bond motifs is 3. The Balaban J connectivity index is 1.39. The molecular formula is C26H24N4O5. The van der Waals surface area contributed by atoms with Gasteiger partial charge in [0, 0.05) is 28.2 Å². The van der Waals surface area contributed by atoms with Gasteiger partial charge in [-0.3, -0.25) is 14.4 Å². The van der Waals surface area contributed by atoms with E-state index in [9.17, 15) is 14.4 Å². The third-order valence-electron chi connectivity index (χ3n) is 5.34. The van der Waals surface area contributed by atoms with E-state index in [1.165, 1.54) is 7.11 Å². The summed E-state index contributed by atoms with van der Waals surface area (Å²) < 4.78 is 11.3. The van der Waals surface area contributed by atoms with Crippen LogP contribution in [0.1, 0.15) is 18.9 Å². The zero-order chi connectivity index (χ0) is 24.9. The molecule has 0 saturated carbocycles. The van der Waals surface area contributed by atoms with E-state index in [0.717, 1.165) is 21.9 Å². The summed E-state index contributed by atoms with van der Waals surface area (Å²) in [6.07, 6.45) is -0.110. The number of ether oxygens (including phenoxy) is 1. The normalized spacial score (nSPS) is 11.3. The molecule has 1 heterocycles. The number of carbonyl (C=O) groups excluding carboxylic acids is 3. The average molecular weight is 473 g/mol. The van der Waals surface area contributed by atoms with Crippen LogP contribution in [0.2, 0.25) is 0 Å². The van der Waals surface area contributed by atoms with E-state index in [2.05, 4.69) is 21.2 Å². The number of amides is 3. The van der Waals surface area contributed by atoms with Gasteiger partial charge >= 0.3 is 11.8 Å². The molecule has 0 aliphatic rings. The first-order valence-corrected chi connectivity index (χ1v) is 10.8. The number of hydrogen-bond donors (Lipinski definition) is 3. The fraction of sp³-hybridized carbons (Fsp3) is 0.154. The van der Waals surface area contributed by atoms with Gasteiger partial charge in [0.05, 0.1) is 19.2 Å². The molecule has 3 aromatic carbocycles. The van der Waals surface area contributed by atoms with Crippen molar-refractivity contribution in [2.45, 2.75) is 20.3 Å². The Bertz CT molecular complexity index is 1470. The Morgan fingerprint density at radius 3 is 2.40 bits per heavy atom. The molecule has 0 radical (unpaired) electrons. The molecule has 1 aromatic heterocycles. The number of rotatable bonds is 6. The van der Waals surface area contributed by atoms with Gasteiger partial charge in [-0.2, -0.15) is 5.10 Å². The highest BCUT2D eigenvalue weighted by Gasteiger charge is 2.16. The first kappa shape index (κ1) is 23.5. The minimum Gasteiger partial charge on any atom is -0.495 e. The van der Waals surface area contributed by atoms with Crippen LogP contribution in [0.3, 0.4) is 0 Å². The Kier molecular flexibility index (Phi) is 6.77. The second-order valence-corrected chi connectivity index (χ2v) is 7.93. The number of aryl methyl sites for hydroxylation is 1. The van der Waals surface area contributed by atoms with Crippen molar-refractivity contribution in [2.24, 2.45) is 5.10 Å². The van der Waals surface area contributed by atoms with Gasteiger partial charge in [0.15, 0.2) is 0 Å². The van der Waals surface area contributed by atoms with Gasteiger partial charge in [-0.15, -0.1) is 0 Å². The van der Waals surface area contributed by atoms with Crippen LogP contribution in [0.15, 0.2) is 70.2 Å². The number of methoxy groups -OCH3 is 1. The van der Waals surface area contributed by atoms with E-state index >= 15 is 0 Å². The Morgan fingerprint density at radius 1 is 0.886 bits per heavy atom. The van der Waals surface area contributed by atoms with E-state index in [1.54, 1.807) is 25.1 Å². The lowest BCUT2D eigenvalue weighted by molar-refractivity contribution is -0.136. The summed E-state index contributed by atoms with van der Waals surface area (Å²) >= 11 is 0. The van der Waals surface area contributed by atoms with Crippen LogP contribution in [0.25, 0.3) is 21.9 Å². The lowest BCUT2D eigenvalue weighted by atomic mass is 10.1. The molecular weight excluding hydrogens is 448 g/mol. The van der Waals surface area contributed by atoms with Gasteiger partial charge in [-0.05, 0) is 37.6 Å². The first-order valence-electron chi connectivity index (χ1n) is 10.8. The lowest BCUT2D eigenvalue weighted by Crippen LogP contribution is -2.33. The van der Waals surface area contributed by atoms with Crippen LogP contribution in [0, 0.1) is 6.92 Å². The maximum atomic E-state index is 12.6. The Morgan fingerprint density at radius 2 is 1.63 bits per heavy atom. The third-order valence-corrected chi connectivity index (χ3v) is 5.34. The summed E-state index contributed by atoms with van der Waals surface area (Å²) in [6, 6.07) is 18.2. The third kappa shape index (κ3) is 5.30. The minimum absolute atomic E-state index is 0.110. The van der Waals surface area contributed by atoms with Crippen molar-refractivity contribution in [1.82, 2.24) is 5.43 Å². The molecule has 178 valence electrons. The minimum atomic E-state index is -0.940. The maximum Gasteiger partial charge on any atom is 0.329 e. The predicted molar refractivity (Wildman–Crippen MR) is 135 cm³/mol. The first-order chi connectivity index (χ1) is 16.9. The molecule has 0 atom stereocenters. The molecule has 3 amide bonds. The van der Waals surface area contributed by atoms with Crippen molar-refractivity contribution in [3.63, 3.8) is 0 Å². The summed E-state index contributed by atoms with van der Waals surface area (Å²) in [7, 11) is 1.52. The Labute approximate surface area is 201 Å². The van der Waals surface area contributed by atoms with Crippen LogP contribution >= 0.6 is 0 Å². The number of hydrazone groups is 1. The fourth-order valence-corrected chi connectivity index (χ4v) is 3.57. The van der Waals surface area contributed by atoms with Gasteiger partial charge in [-0.1, -0.05) is 36.4 Å². The topological polar surface area (TPSA) is 122 Å². The van der Waals surface area contributed by atoms with Gasteiger partial charge in [0.25, 0.3) is 0 Å². The molecule has 0 aliphatic heterocycles. The summed E-state index contributed by atoms with van der Waals surface area (Å²) in [5.41, 5.74) is 5.62. The van der Waals surface area contributed by atoms with Crippen molar-refractivity contribution in [3.05, 3.63) is 66.2 Å². The van der Waals surface area contributed by atoms with Crippen LogP contribution < -0.4 is 20.8 Å². The molecule has 0 spiro atoms. The number of hydrogen-bond acceptors (Lipinski definition) is 6. The van der Waals surface area contributed by atoms with Crippen molar-refractivity contribution in [3.8, 4) is 5.75 Å². The molecule has 3 N–H and O–H groups in total. The zero-order valence-electron chi connectivity index (χ0n) is 19.5. The molecule has 4 rings (SSSR count). The fourth-order valence-electron chi connectivity index (χ4n) is 3.57. The second-order valence-electron chi connectivity index (χ2n) is 7.93. The summed E-state index contributed by atoms with van der Waals surface area (Å²) in [6.45, 7) is 3.38. The van der Waals surface area contributed by atoms with E-state index in [4.69, 9.17) is 9.15 Å². The summed E-state index contributed by atoms with van der Waals surface area (Å²) in [5, 5.41) is 11.0. The molecule has 0 bridgehead atoms. The van der Waals surface area contributed by atoms with E-state index < -0.39 is 11.8 Å². The molecule has 0 aliphatic carbocycles. The summed E-state index contributed by atoms with van der Waals surface area (Å²) in [4.78, 5) is 36.7. The SMILES string of the molecule is COc1cc2c(cc1NC(=O)C/C(C)=N\NC(=O)C(=O)Nc1ccccc1C)oc1ccccc12. The highest BCUT2D eigenvalue weighted by molar-refractivity contribution is 6.39. The molecule has 35 heavy (non-hydrogen) atoms. The van der Waals surface area contributed by atoms with Crippen molar-refractivity contribution in [2.75, 3.05) is 17.7 Å². The van der Waals surface area contributed by atoms with Gasteiger partial charge in [-0.25, -0.2) is 5.43 Å². The quantitative estimate of drug-likeness (QED) is 0.219. The van der Waals surface area contributed by atoms with Gasteiger partial charge in [0.2, 0.25) is 5.91 Å². The number of nitrogens with zero attached hydrogens (tertiary/aromatic N) is 1. The predicted octanol–water partition coefficient (Wildman–Crippen LogP) is 4.36. The van der Waals surface area contributed by atoms with Crippen LogP contribution in [-0.2, 0) is 14.4 Å². The van der Waals surface area contributed by atoms with E-state index in [-0.39, 0.29) is 12.3 Å². The molecule has 9 heteroatoms. The maximum absolute atomic E-state index is 12.6. The molecule has 4 aromatic rings. The lowest BCUT2D eigenvalue weighted by Gasteiger charge is -2.10. The molecule has 0 saturated heterocycles. The van der Waals surface area contributed by atoms with E-state index in [1.807, 2.05) is 49.4 Å². The van der Waals surface area contributed by atoms with Crippen molar-refractivity contribution < 1.29 is 23.5 Å². The zero-order valence-corrected chi connectivity index (χ0v) is 19.5. The van der Waals surface area contributed by atoms with Crippen LogP contribution in [0.4, 0.5) is 11.4 Å². The van der Waals surface area contributed by atoms with Crippen molar-refractivity contribution >= 4 is 56.7 Å². The second kappa shape index (κ2) is 10.1. The average Bonchev–Trinajstić information content (AvgIpc) is 3.20. The highest BCUT2D eigenvalue weighted by Crippen LogP contribution is 2.36. The monoisotopic (exact) mass is 472 g/mol. The highest BCUT2D eigenvalue weighted by atomic mass is 16.5. The summed E-state index contributed by atoms with van der Waals surface area (Å²) in [5.74, 6) is -1.69. The Hall–Kier alpha value is -4.66. The number of nitrogens with one attached hydrogen (secondary N) is 3. The van der Waals surface area contributed by atoms with Crippen LogP contribution in [-0.4, -0.2) is 30.5 Å².